The number of phenols is 1. The molecule has 6 heteroatoms. The molecule has 1 amide bonds. The van der Waals surface area contributed by atoms with E-state index in [1.54, 1.807) is 17.0 Å². The Labute approximate surface area is 123 Å². The van der Waals surface area contributed by atoms with Gasteiger partial charge in [0.25, 0.3) is 5.91 Å². The Kier molecular flexibility index (Phi) is 3.60. The summed E-state index contributed by atoms with van der Waals surface area (Å²) in [5.41, 5.74) is 0.882. The van der Waals surface area contributed by atoms with E-state index in [9.17, 15) is 9.90 Å². The zero-order chi connectivity index (χ0) is 14.8. The van der Waals surface area contributed by atoms with Crippen molar-refractivity contribution < 1.29 is 9.90 Å². The first-order chi connectivity index (χ1) is 10.2. The molecule has 0 radical (unpaired) electrons. The van der Waals surface area contributed by atoms with E-state index in [-0.39, 0.29) is 5.91 Å². The van der Waals surface area contributed by atoms with Crippen LogP contribution in [0.4, 0.5) is 0 Å². The number of fused-ring (bicyclic) bond motifs is 1. The number of para-hydroxylation sites is 1. The number of hydrogen-bond donors (Lipinski definition) is 1. The Morgan fingerprint density at radius 3 is 2.76 bits per heavy atom. The Morgan fingerprint density at radius 2 is 2.00 bits per heavy atom. The van der Waals surface area contributed by atoms with Crippen LogP contribution >= 0.6 is 0 Å². The quantitative estimate of drug-likeness (QED) is 0.918. The standard InChI is InChI=1S/C15H18N4O2/c1-2-18-9-10-19-13(16-17-14(19)15(18)21)8-7-11-5-3-4-6-12(11)20/h3-6,20H,2,7-10H2,1H3. The number of carbonyl (C=O) groups excluding carboxylic acids is 1. The highest BCUT2D eigenvalue weighted by atomic mass is 16.3. The van der Waals surface area contributed by atoms with Crippen LogP contribution in [0.1, 0.15) is 28.9 Å². The number of aromatic hydroxyl groups is 1. The number of benzene rings is 1. The summed E-state index contributed by atoms with van der Waals surface area (Å²) in [6, 6.07) is 7.27. The molecule has 0 fully saturated rings. The van der Waals surface area contributed by atoms with E-state index < -0.39 is 0 Å². The second-order valence-corrected chi connectivity index (χ2v) is 5.11. The SMILES string of the molecule is CCN1CCn2c(CCc3ccccc3O)nnc2C1=O. The first-order valence-corrected chi connectivity index (χ1v) is 7.19. The third-order valence-corrected chi connectivity index (χ3v) is 3.89. The van der Waals surface area contributed by atoms with Crippen LogP contribution < -0.4 is 0 Å². The molecular formula is C15H18N4O2. The Hall–Kier alpha value is -2.37. The predicted octanol–water partition coefficient (Wildman–Crippen LogP) is 1.24. The van der Waals surface area contributed by atoms with E-state index in [1.807, 2.05) is 23.6 Å². The summed E-state index contributed by atoms with van der Waals surface area (Å²) < 4.78 is 1.90. The highest BCUT2D eigenvalue weighted by Gasteiger charge is 2.27. The van der Waals surface area contributed by atoms with E-state index in [0.717, 1.165) is 17.9 Å². The molecule has 1 aliphatic rings. The number of rotatable bonds is 4. The molecule has 0 spiro atoms. The van der Waals surface area contributed by atoms with Gasteiger partial charge in [-0.3, -0.25) is 4.79 Å². The normalized spacial score (nSPS) is 14.3. The lowest BCUT2D eigenvalue weighted by molar-refractivity contribution is 0.0705. The van der Waals surface area contributed by atoms with Crippen LogP contribution in [-0.2, 0) is 19.4 Å². The molecule has 2 heterocycles. The van der Waals surface area contributed by atoms with Crippen molar-refractivity contribution in [2.45, 2.75) is 26.3 Å². The lowest BCUT2D eigenvalue weighted by Crippen LogP contribution is -2.40. The topological polar surface area (TPSA) is 71.2 Å². The largest absolute Gasteiger partial charge is 0.508 e. The summed E-state index contributed by atoms with van der Waals surface area (Å²) in [7, 11) is 0. The second-order valence-electron chi connectivity index (χ2n) is 5.11. The average molecular weight is 286 g/mol. The van der Waals surface area contributed by atoms with Gasteiger partial charge in [0.1, 0.15) is 11.6 Å². The number of carbonyl (C=O) groups is 1. The fraction of sp³-hybridized carbons (Fsp3) is 0.400. The minimum Gasteiger partial charge on any atom is -0.508 e. The van der Waals surface area contributed by atoms with Gasteiger partial charge in [-0.25, -0.2) is 0 Å². The van der Waals surface area contributed by atoms with Gasteiger partial charge in [0.15, 0.2) is 0 Å². The van der Waals surface area contributed by atoms with E-state index in [4.69, 9.17) is 0 Å². The predicted molar refractivity (Wildman–Crippen MR) is 77.1 cm³/mol. The van der Waals surface area contributed by atoms with Gasteiger partial charge in [0, 0.05) is 26.1 Å². The number of phenolic OH excluding ortho intramolecular Hbond substituents is 1. The molecule has 3 rings (SSSR count). The summed E-state index contributed by atoms with van der Waals surface area (Å²) >= 11 is 0. The highest BCUT2D eigenvalue weighted by Crippen LogP contribution is 2.19. The molecular weight excluding hydrogens is 268 g/mol. The molecule has 0 saturated carbocycles. The number of aromatic nitrogens is 3. The summed E-state index contributed by atoms with van der Waals surface area (Å²) in [5.74, 6) is 1.47. The molecule has 2 aromatic rings. The van der Waals surface area contributed by atoms with Gasteiger partial charge < -0.3 is 14.6 Å². The third-order valence-electron chi connectivity index (χ3n) is 3.89. The van der Waals surface area contributed by atoms with Crippen LogP contribution in [0, 0.1) is 0 Å². The zero-order valence-electron chi connectivity index (χ0n) is 12.0. The molecule has 0 unspecified atom stereocenters. The lowest BCUT2D eigenvalue weighted by atomic mass is 10.1. The maximum Gasteiger partial charge on any atom is 0.291 e. The van der Waals surface area contributed by atoms with Crippen molar-refractivity contribution in [1.29, 1.82) is 0 Å². The minimum atomic E-state index is -0.0509. The molecule has 21 heavy (non-hydrogen) atoms. The van der Waals surface area contributed by atoms with Crippen LogP contribution in [-0.4, -0.2) is 43.8 Å². The monoisotopic (exact) mass is 286 g/mol. The van der Waals surface area contributed by atoms with Crippen molar-refractivity contribution in [2.24, 2.45) is 0 Å². The van der Waals surface area contributed by atoms with Crippen molar-refractivity contribution >= 4 is 5.91 Å². The number of hydrogen-bond acceptors (Lipinski definition) is 4. The van der Waals surface area contributed by atoms with Crippen molar-refractivity contribution in [3.63, 3.8) is 0 Å². The van der Waals surface area contributed by atoms with Gasteiger partial charge in [-0.05, 0) is 25.0 Å². The van der Waals surface area contributed by atoms with E-state index in [1.165, 1.54) is 0 Å². The van der Waals surface area contributed by atoms with Gasteiger partial charge in [-0.2, -0.15) is 0 Å². The maximum atomic E-state index is 12.2. The Balaban J connectivity index is 1.77. The lowest BCUT2D eigenvalue weighted by Gasteiger charge is -2.26. The minimum absolute atomic E-state index is 0.0509. The van der Waals surface area contributed by atoms with Crippen molar-refractivity contribution in [3.05, 3.63) is 41.5 Å². The highest BCUT2D eigenvalue weighted by molar-refractivity contribution is 5.91. The van der Waals surface area contributed by atoms with Gasteiger partial charge in [-0.1, -0.05) is 18.2 Å². The molecule has 1 aromatic carbocycles. The molecule has 0 aliphatic carbocycles. The Bertz CT molecular complexity index is 665. The average Bonchev–Trinajstić information content (AvgIpc) is 2.91. The molecule has 0 atom stereocenters. The first kappa shape index (κ1) is 13.6. The molecule has 1 aromatic heterocycles. The molecule has 1 aliphatic heterocycles. The summed E-state index contributed by atoms with van der Waals surface area (Å²) in [6.07, 6.45) is 1.33. The van der Waals surface area contributed by atoms with Gasteiger partial charge in [0.2, 0.25) is 5.82 Å². The number of aryl methyl sites for hydroxylation is 2. The van der Waals surface area contributed by atoms with Crippen LogP contribution in [0.2, 0.25) is 0 Å². The molecule has 0 bridgehead atoms. The van der Waals surface area contributed by atoms with Crippen LogP contribution in [0.15, 0.2) is 24.3 Å². The molecule has 1 N–H and O–H groups in total. The number of likely N-dealkylation sites (N-methyl/N-ethyl adjacent to an activating group) is 1. The van der Waals surface area contributed by atoms with E-state index in [0.29, 0.717) is 37.5 Å². The van der Waals surface area contributed by atoms with Crippen LogP contribution in [0.25, 0.3) is 0 Å². The third kappa shape index (κ3) is 2.49. The summed E-state index contributed by atoms with van der Waals surface area (Å²) in [4.78, 5) is 13.9. The molecule has 0 saturated heterocycles. The smallest absolute Gasteiger partial charge is 0.291 e. The summed E-state index contributed by atoms with van der Waals surface area (Å²) in [6.45, 7) is 4.09. The van der Waals surface area contributed by atoms with Crippen LogP contribution in [0.5, 0.6) is 5.75 Å². The zero-order valence-corrected chi connectivity index (χ0v) is 12.0. The van der Waals surface area contributed by atoms with E-state index >= 15 is 0 Å². The van der Waals surface area contributed by atoms with Gasteiger partial charge in [0.05, 0.1) is 0 Å². The van der Waals surface area contributed by atoms with Crippen LogP contribution in [0.3, 0.4) is 0 Å². The van der Waals surface area contributed by atoms with Crippen molar-refractivity contribution in [3.8, 4) is 5.75 Å². The second kappa shape index (κ2) is 5.55. The number of nitrogens with zero attached hydrogens (tertiary/aromatic N) is 4. The van der Waals surface area contributed by atoms with Crippen molar-refractivity contribution in [2.75, 3.05) is 13.1 Å². The fourth-order valence-corrected chi connectivity index (χ4v) is 2.65. The number of amides is 1. The fourth-order valence-electron chi connectivity index (χ4n) is 2.65. The van der Waals surface area contributed by atoms with Crippen molar-refractivity contribution in [1.82, 2.24) is 19.7 Å². The summed E-state index contributed by atoms with van der Waals surface area (Å²) in [5, 5.41) is 18.0. The Morgan fingerprint density at radius 1 is 1.19 bits per heavy atom. The van der Waals surface area contributed by atoms with Gasteiger partial charge >= 0.3 is 0 Å². The van der Waals surface area contributed by atoms with Gasteiger partial charge in [-0.15, -0.1) is 10.2 Å². The van der Waals surface area contributed by atoms with E-state index in [2.05, 4.69) is 10.2 Å². The maximum absolute atomic E-state index is 12.2. The molecule has 6 nitrogen and oxygen atoms in total. The molecule has 110 valence electrons. The first-order valence-electron chi connectivity index (χ1n) is 7.19.